The Balaban J connectivity index is 1.59. The first kappa shape index (κ1) is 21.8. The van der Waals surface area contributed by atoms with Crippen molar-refractivity contribution in [1.29, 1.82) is 0 Å². The standard InChI is InChI=1S/C25H19ClF2N6/c26-19-14-16(6-11-20(19)28)22-21-23(29)34(18-9-7-17(27)8-10-18)33-24(21)32-25(31-22)30-13-12-15-4-2-1-3-5-15/h1-11,14H,12-13,29H2,(H,30,32,33). The number of hydrogen-bond donors (Lipinski definition) is 2. The first-order valence-electron chi connectivity index (χ1n) is 10.5. The van der Waals surface area contributed by atoms with Gasteiger partial charge in [-0.25, -0.2) is 18.4 Å². The molecule has 6 nitrogen and oxygen atoms in total. The fourth-order valence-corrected chi connectivity index (χ4v) is 3.87. The third-order valence-electron chi connectivity index (χ3n) is 5.37. The van der Waals surface area contributed by atoms with Crippen molar-refractivity contribution in [3.8, 4) is 16.9 Å². The van der Waals surface area contributed by atoms with Crippen LogP contribution in [0.15, 0.2) is 72.8 Å². The van der Waals surface area contributed by atoms with Gasteiger partial charge < -0.3 is 11.1 Å². The number of halogens is 3. The molecule has 0 amide bonds. The van der Waals surface area contributed by atoms with E-state index < -0.39 is 5.82 Å². The van der Waals surface area contributed by atoms with Gasteiger partial charge in [-0.3, -0.25) is 0 Å². The van der Waals surface area contributed by atoms with Gasteiger partial charge in [-0.2, -0.15) is 4.98 Å². The molecule has 3 N–H and O–H groups in total. The number of nitrogens with zero attached hydrogens (tertiary/aromatic N) is 4. The summed E-state index contributed by atoms with van der Waals surface area (Å²) < 4.78 is 28.7. The zero-order valence-corrected chi connectivity index (χ0v) is 18.6. The highest BCUT2D eigenvalue weighted by molar-refractivity contribution is 6.31. The summed E-state index contributed by atoms with van der Waals surface area (Å²) in [6.07, 6.45) is 0.770. The third kappa shape index (κ3) is 4.27. The Morgan fingerprint density at radius 2 is 1.71 bits per heavy atom. The van der Waals surface area contributed by atoms with E-state index in [2.05, 4.69) is 20.4 Å². The van der Waals surface area contributed by atoms with Crippen molar-refractivity contribution in [2.75, 3.05) is 17.6 Å². The lowest BCUT2D eigenvalue weighted by Gasteiger charge is -2.09. The molecular weight excluding hydrogens is 458 g/mol. The van der Waals surface area contributed by atoms with Crippen molar-refractivity contribution >= 4 is 34.4 Å². The van der Waals surface area contributed by atoms with E-state index in [1.807, 2.05) is 30.3 Å². The number of fused-ring (bicyclic) bond motifs is 1. The largest absolute Gasteiger partial charge is 0.383 e. The SMILES string of the molecule is Nc1c2c(-c3ccc(F)c(Cl)c3)nc(NCCc3ccccc3)nc2nn1-c1ccc(F)cc1. The quantitative estimate of drug-likeness (QED) is 0.331. The lowest BCUT2D eigenvalue weighted by atomic mass is 10.1. The van der Waals surface area contributed by atoms with Crippen LogP contribution in [-0.2, 0) is 6.42 Å². The molecule has 3 aromatic carbocycles. The number of rotatable bonds is 6. The van der Waals surface area contributed by atoms with E-state index in [9.17, 15) is 8.78 Å². The topological polar surface area (TPSA) is 81.7 Å². The Hall–Kier alpha value is -4.04. The zero-order chi connectivity index (χ0) is 23.7. The average molecular weight is 477 g/mol. The number of nitrogen functional groups attached to an aromatic ring is 1. The second-order valence-electron chi connectivity index (χ2n) is 7.66. The summed E-state index contributed by atoms with van der Waals surface area (Å²) >= 11 is 6.04. The van der Waals surface area contributed by atoms with Gasteiger partial charge in [0.2, 0.25) is 5.95 Å². The predicted molar refractivity (Wildman–Crippen MR) is 130 cm³/mol. The molecule has 0 unspecified atom stereocenters. The third-order valence-corrected chi connectivity index (χ3v) is 5.66. The van der Waals surface area contributed by atoms with Crippen LogP contribution in [0.4, 0.5) is 20.5 Å². The monoisotopic (exact) mass is 476 g/mol. The lowest BCUT2D eigenvalue weighted by molar-refractivity contribution is 0.627. The van der Waals surface area contributed by atoms with Crippen molar-refractivity contribution in [2.45, 2.75) is 6.42 Å². The Kier molecular flexibility index (Phi) is 5.81. The summed E-state index contributed by atoms with van der Waals surface area (Å²) in [6, 6.07) is 20.1. The number of nitrogens with two attached hydrogens (primary N) is 1. The first-order valence-corrected chi connectivity index (χ1v) is 10.9. The van der Waals surface area contributed by atoms with Gasteiger partial charge in [-0.05, 0) is 54.4 Å². The Morgan fingerprint density at radius 3 is 2.44 bits per heavy atom. The normalized spacial score (nSPS) is 11.1. The molecule has 0 saturated heterocycles. The van der Waals surface area contributed by atoms with Crippen LogP contribution >= 0.6 is 11.6 Å². The Bertz CT molecular complexity index is 1470. The van der Waals surface area contributed by atoms with Gasteiger partial charge in [0.15, 0.2) is 5.65 Å². The number of hydrogen-bond acceptors (Lipinski definition) is 5. The summed E-state index contributed by atoms with van der Waals surface area (Å²) in [5.74, 6) is -0.284. The number of anilines is 2. The van der Waals surface area contributed by atoms with Gasteiger partial charge in [0.05, 0.1) is 21.8 Å². The molecule has 0 radical (unpaired) electrons. The van der Waals surface area contributed by atoms with Crippen LogP contribution < -0.4 is 11.1 Å². The van der Waals surface area contributed by atoms with Crippen LogP contribution in [0, 0.1) is 11.6 Å². The highest BCUT2D eigenvalue weighted by Gasteiger charge is 2.20. The summed E-state index contributed by atoms with van der Waals surface area (Å²) in [7, 11) is 0. The fourth-order valence-electron chi connectivity index (χ4n) is 3.69. The average Bonchev–Trinajstić information content (AvgIpc) is 3.18. The maximum atomic E-state index is 13.8. The number of nitrogens with one attached hydrogen (secondary N) is 1. The van der Waals surface area contributed by atoms with Gasteiger partial charge >= 0.3 is 0 Å². The van der Waals surface area contributed by atoms with Gasteiger partial charge in [0.1, 0.15) is 17.5 Å². The molecule has 2 aromatic heterocycles. The lowest BCUT2D eigenvalue weighted by Crippen LogP contribution is -2.08. The molecule has 2 heterocycles. The molecule has 5 rings (SSSR count). The van der Waals surface area contributed by atoms with Crippen molar-refractivity contribution < 1.29 is 8.78 Å². The van der Waals surface area contributed by atoms with Gasteiger partial charge in [0, 0.05) is 12.1 Å². The van der Waals surface area contributed by atoms with E-state index in [-0.39, 0.29) is 16.7 Å². The van der Waals surface area contributed by atoms with Crippen molar-refractivity contribution in [1.82, 2.24) is 19.7 Å². The minimum atomic E-state index is -0.535. The molecule has 170 valence electrons. The maximum absolute atomic E-state index is 13.8. The predicted octanol–water partition coefficient (Wildman–Crippen LogP) is 5.65. The summed E-state index contributed by atoms with van der Waals surface area (Å²) in [5, 5.41) is 8.22. The molecule has 9 heteroatoms. The second-order valence-corrected chi connectivity index (χ2v) is 8.07. The molecule has 0 aliphatic rings. The van der Waals surface area contributed by atoms with E-state index in [0.717, 1.165) is 6.42 Å². The van der Waals surface area contributed by atoms with Crippen molar-refractivity contribution in [2.24, 2.45) is 0 Å². The Morgan fingerprint density at radius 1 is 0.941 bits per heavy atom. The minimum absolute atomic E-state index is 0.0349. The van der Waals surface area contributed by atoms with Crippen LogP contribution in [-0.4, -0.2) is 26.3 Å². The summed E-state index contributed by atoms with van der Waals surface area (Å²) in [4.78, 5) is 9.20. The van der Waals surface area contributed by atoms with Crippen LogP contribution in [0.2, 0.25) is 5.02 Å². The van der Waals surface area contributed by atoms with Gasteiger partial charge in [-0.1, -0.05) is 41.9 Å². The van der Waals surface area contributed by atoms with Gasteiger partial charge in [-0.15, -0.1) is 5.10 Å². The van der Waals surface area contributed by atoms with E-state index in [4.69, 9.17) is 17.3 Å². The molecule has 0 fully saturated rings. The van der Waals surface area contributed by atoms with E-state index >= 15 is 0 Å². The van der Waals surface area contributed by atoms with Crippen LogP contribution in [0.1, 0.15) is 5.56 Å². The van der Waals surface area contributed by atoms with E-state index in [1.165, 1.54) is 34.5 Å². The molecule has 0 aliphatic carbocycles. The maximum Gasteiger partial charge on any atom is 0.225 e. The molecule has 0 bridgehead atoms. The fraction of sp³-hybridized carbons (Fsp3) is 0.0800. The highest BCUT2D eigenvalue weighted by Crippen LogP contribution is 2.34. The Labute approximate surface area is 199 Å². The second kappa shape index (κ2) is 9.07. The molecule has 0 spiro atoms. The van der Waals surface area contributed by atoms with Gasteiger partial charge in [0.25, 0.3) is 0 Å². The van der Waals surface area contributed by atoms with Crippen molar-refractivity contribution in [3.05, 3.63) is 95.0 Å². The molecule has 34 heavy (non-hydrogen) atoms. The smallest absolute Gasteiger partial charge is 0.225 e. The van der Waals surface area contributed by atoms with Crippen LogP contribution in [0.25, 0.3) is 28.0 Å². The molecular formula is C25H19ClF2N6. The van der Waals surface area contributed by atoms with Crippen LogP contribution in [0.5, 0.6) is 0 Å². The van der Waals surface area contributed by atoms with Crippen molar-refractivity contribution in [3.63, 3.8) is 0 Å². The molecule has 0 aliphatic heterocycles. The molecule has 0 atom stereocenters. The molecule has 0 saturated carbocycles. The van der Waals surface area contributed by atoms with Crippen LogP contribution in [0.3, 0.4) is 0 Å². The minimum Gasteiger partial charge on any atom is -0.383 e. The first-order chi connectivity index (χ1) is 16.5. The van der Waals surface area contributed by atoms with E-state index in [1.54, 1.807) is 18.2 Å². The summed E-state index contributed by atoms with van der Waals surface area (Å²) in [6.45, 7) is 0.591. The van der Waals surface area contributed by atoms with E-state index in [0.29, 0.717) is 40.5 Å². The number of aromatic nitrogens is 4. The summed E-state index contributed by atoms with van der Waals surface area (Å²) in [5.41, 5.74) is 9.55. The zero-order valence-electron chi connectivity index (χ0n) is 17.8. The highest BCUT2D eigenvalue weighted by atomic mass is 35.5. The molecule has 5 aromatic rings. The number of benzene rings is 3.